The number of hydrogen-bond acceptors (Lipinski definition) is 2. The van der Waals surface area contributed by atoms with Crippen LogP contribution >= 0.6 is 66.7 Å². The smallest absolute Gasteiger partial charge is 0.148 e. The van der Waals surface area contributed by atoms with Crippen molar-refractivity contribution in [2.45, 2.75) is 20.1 Å². The molecule has 0 atom stereocenters. The first-order valence-electron chi connectivity index (χ1n) is 8.38. The van der Waals surface area contributed by atoms with Crippen molar-refractivity contribution in [3.8, 4) is 5.75 Å². The van der Waals surface area contributed by atoms with Crippen molar-refractivity contribution in [3.63, 3.8) is 0 Å². The van der Waals surface area contributed by atoms with E-state index in [1.54, 1.807) is 12.1 Å². The second kappa shape index (κ2) is 9.73. The predicted molar refractivity (Wildman–Crippen MR) is 126 cm³/mol. The van der Waals surface area contributed by atoms with E-state index in [9.17, 15) is 0 Å². The maximum absolute atomic E-state index is 6.22. The highest BCUT2D eigenvalue weighted by atomic mass is 79.9. The minimum absolute atomic E-state index is 0.340. The molecule has 146 valence electrons. The zero-order chi connectivity index (χ0) is 20.3. The number of halogens is 5. The lowest BCUT2D eigenvalue weighted by molar-refractivity contribution is 0.302. The van der Waals surface area contributed by atoms with E-state index in [-0.39, 0.29) is 0 Å². The van der Waals surface area contributed by atoms with Crippen LogP contribution in [0.15, 0.2) is 57.5 Å². The van der Waals surface area contributed by atoms with E-state index >= 15 is 0 Å². The topological polar surface area (TPSA) is 21.3 Å². The van der Waals surface area contributed by atoms with E-state index in [1.807, 2.05) is 43.3 Å². The zero-order valence-corrected chi connectivity index (χ0v) is 20.3. The molecule has 0 aromatic heterocycles. The summed E-state index contributed by atoms with van der Waals surface area (Å²) in [4.78, 5) is 0. The second-order valence-corrected chi connectivity index (χ2v) is 9.19. The Hall–Kier alpha value is -0.910. The Bertz CT molecular complexity index is 988. The predicted octanol–water partition coefficient (Wildman–Crippen LogP) is 8.67. The molecule has 0 bridgehead atoms. The van der Waals surface area contributed by atoms with Crippen LogP contribution in [0.1, 0.15) is 16.7 Å². The molecule has 1 N–H and O–H groups in total. The normalized spacial score (nSPS) is 10.8. The monoisotopic (exact) mass is 561 g/mol. The summed E-state index contributed by atoms with van der Waals surface area (Å²) in [5, 5.41) is 5.30. The van der Waals surface area contributed by atoms with Crippen LogP contribution in [0, 0.1) is 6.92 Å². The Kier molecular flexibility index (Phi) is 7.57. The molecule has 0 saturated carbocycles. The fourth-order valence-corrected chi connectivity index (χ4v) is 4.70. The molecule has 0 aliphatic rings. The zero-order valence-electron chi connectivity index (χ0n) is 14.8. The first kappa shape index (κ1) is 21.8. The van der Waals surface area contributed by atoms with Crippen molar-refractivity contribution in [3.05, 3.63) is 89.2 Å². The van der Waals surface area contributed by atoms with Crippen LogP contribution in [0.4, 0.5) is 5.69 Å². The standard InChI is InChI=1S/C21H16Br2Cl3NO/c1-12-2-5-16(9-19(12)25)27-10-13-6-17(22)21(18(23)7-13)28-11-14-3-4-15(24)8-20(14)26/h2-9,27H,10-11H2,1H3. The quantitative estimate of drug-likeness (QED) is 0.324. The van der Waals surface area contributed by atoms with Gasteiger partial charge >= 0.3 is 0 Å². The number of aryl methyl sites for hydroxylation is 1. The van der Waals surface area contributed by atoms with E-state index in [2.05, 4.69) is 37.2 Å². The van der Waals surface area contributed by atoms with E-state index in [4.69, 9.17) is 39.5 Å². The van der Waals surface area contributed by atoms with Crippen molar-refractivity contribution in [1.82, 2.24) is 0 Å². The van der Waals surface area contributed by atoms with Crippen molar-refractivity contribution in [2.24, 2.45) is 0 Å². The van der Waals surface area contributed by atoms with Gasteiger partial charge in [-0.2, -0.15) is 0 Å². The molecule has 0 saturated heterocycles. The van der Waals surface area contributed by atoms with Gasteiger partial charge in [0, 0.05) is 32.9 Å². The Morgan fingerprint density at radius 3 is 2.25 bits per heavy atom. The fourth-order valence-electron chi connectivity index (χ4n) is 2.55. The van der Waals surface area contributed by atoms with Crippen LogP contribution in [-0.2, 0) is 13.2 Å². The van der Waals surface area contributed by atoms with Gasteiger partial charge in [-0.15, -0.1) is 0 Å². The van der Waals surface area contributed by atoms with Gasteiger partial charge in [-0.25, -0.2) is 0 Å². The molecule has 3 aromatic rings. The average Bonchev–Trinajstić information content (AvgIpc) is 2.63. The third kappa shape index (κ3) is 5.58. The molecule has 0 spiro atoms. The van der Waals surface area contributed by atoms with Gasteiger partial charge in [0.05, 0.1) is 8.95 Å². The van der Waals surface area contributed by atoms with E-state index in [0.29, 0.717) is 28.9 Å². The van der Waals surface area contributed by atoms with Crippen LogP contribution in [0.3, 0.4) is 0 Å². The minimum Gasteiger partial charge on any atom is -0.486 e. The molecule has 0 aliphatic heterocycles. The lowest BCUT2D eigenvalue weighted by Gasteiger charge is -2.14. The molecule has 0 unspecified atom stereocenters. The number of ether oxygens (including phenoxy) is 1. The van der Waals surface area contributed by atoms with Gasteiger partial charge in [0.15, 0.2) is 0 Å². The summed E-state index contributed by atoms with van der Waals surface area (Å²) in [6, 6.07) is 15.3. The molecule has 0 aliphatic carbocycles. The maximum atomic E-state index is 6.22. The highest BCUT2D eigenvalue weighted by molar-refractivity contribution is 9.11. The molecule has 3 rings (SSSR count). The molecular weight excluding hydrogens is 548 g/mol. The second-order valence-electron chi connectivity index (χ2n) is 6.23. The number of hydrogen-bond donors (Lipinski definition) is 1. The van der Waals surface area contributed by atoms with E-state index < -0.39 is 0 Å². The van der Waals surface area contributed by atoms with Gasteiger partial charge in [-0.05, 0) is 86.3 Å². The molecule has 0 fully saturated rings. The summed E-state index contributed by atoms with van der Waals surface area (Å²) < 4.78 is 7.67. The SMILES string of the molecule is Cc1ccc(NCc2cc(Br)c(OCc3ccc(Cl)cc3Cl)c(Br)c2)cc1Cl. The van der Waals surface area contributed by atoms with Gasteiger partial charge in [0.2, 0.25) is 0 Å². The Labute approximate surface area is 196 Å². The number of nitrogens with one attached hydrogen (secondary N) is 1. The third-order valence-corrected chi connectivity index (χ3v) is 6.29. The Balaban J connectivity index is 1.68. The molecule has 28 heavy (non-hydrogen) atoms. The van der Waals surface area contributed by atoms with Crippen molar-refractivity contribution >= 4 is 72.4 Å². The highest BCUT2D eigenvalue weighted by Crippen LogP contribution is 2.36. The molecule has 2 nitrogen and oxygen atoms in total. The summed E-state index contributed by atoms with van der Waals surface area (Å²) in [6.07, 6.45) is 0. The number of benzene rings is 3. The maximum Gasteiger partial charge on any atom is 0.148 e. The van der Waals surface area contributed by atoms with Gasteiger partial charge < -0.3 is 10.1 Å². The summed E-state index contributed by atoms with van der Waals surface area (Å²) in [5.41, 5.74) is 3.99. The Morgan fingerprint density at radius 2 is 1.61 bits per heavy atom. The fraction of sp³-hybridized carbons (Fsp3) is 0.143. The van der Waals surface area contributed by atoms with Crippen LogP contribution in [-0.4, -0.2) is 0 Å². The van der Waals surface area contributed by atoms with Crippen molar-refractivity contribution < 1.29 is 4.74 Å². The summed E-state index contributed by atoms with van der Waals surface area (Å²) >= 11 is 25.5. The number of rotatable bonds is 6. The van der Waals surface area contributed by atoms with Crippen molar-refractivity contribution in [2.75, 3.05) is 5.32 Å². The van der Waals surface area contributed by atoms with Gasteiger partial charge in [0.25, 0.3) is 0 Å². The van der Waals surface area contributed by atoms with Gasteiger partial charge in [-0.3, -0.25) is 0 Å². The molecule has 0 heterocycles. The van der Waals surface area contributed by atoms with Crippen LogP contribution in [0.5, 0.6) is 5.75 Å². The molecule has 0 amide bonds. The van der Waals surface area contributed by atoms with Crippen LogP contribution < -0.4 is 10.1 Å². The van der Waals surface area contributed by atoms with Gasteiger partial charge in [-0.1, -0.05) is 46.9 Å². The van der Waals surface area contributed by atoms with Gasteiger partial charge in [0.1, 0.15) is 12.4 Å². The first-order valence-corrected chi connectivity index (χ1v) is 11.1. The highest BCUT2D eigenvalue weighted by Gasteiger charge is 2.11. The van der Waals surface area contributed by atoms with Crippen LogP contribution in [0.25, 0.3) is 0 Å². The van der Waals surface area contributed by atoms with Crippen LogP contribution in [0.2, 0.25) is 15.1 Å². The Morgan fingerprint density at radius 1 is 0.893 bits per heavy atom. The lowest BCUT2D eigenvalue weighted by atomic mass is 10.2. The average molecular weight is 565 g/mol. The molecular formula is C21H16Br2Cl3NO. The summed E-state index contributed by atoms with van der Waals surface area (Å²) in [5.74, 6) is 0.716. The minimum atomic E-state index is 0.340. The van der Waals surface area contributed by atoms with E-state index in [0.717, 1.165) is 36.3 Å². The summed E-state index contributed by atoms with van der Waals surface area (Å²) in [7, 11) is 0. The van der Waals surface area contributed by atoms with Crippen molar-refractivity contribution in [1.29, 1.82) is 0 Å². The van der Waals surface area contributed by atoms with E-state index in [1.165, 1.54) is 0 Å². The molecule has 0 radical (unpaired) electrons. The number of anilines is 1. The molecule has 3 aromatic carbocycles. The lowest BCUT2D eigenvalue weighted by Crippen LogP contribution is -2.02. The first-order chi connectivity index (χ1) is 13.3. The summed E-state index contributed by atoms with van der Waals surface area (Å²) in [6.45, 7) is 2.98. The molecule has 7 heteroatoms. The largest absolute Gasteiger partial charge is 0.486 e. The third-order valence-electron chi connectivity index (χ3n) is 4.11.